The van der Waals surface area contributed by atoms with Gasteiger partial charge in [0.2, 0.25) is 0 Å². The lowest BCUT2D eigenvalue weighted by Gasteiger charge is -2.36. The van der Waals surface area contributed by atoms with Crippen molar-refractivity contribution in [1.82, 2.24) is 9.97 Å². The van der Waals surface area contributed by atoms with Crippen LogP contribution in [0, 0.1) is 18.3 Å². The number of hydrogen-bond donors (Lipinski definition) is 0. The summed E-state index contributed by atoms with van der Waals surface area (Å²) in [5, 5.41) is 8.84. The fourth-order valence-electron chi connectivity index (χ4n) is 2.56. The first-order valence-corrected chi connectivity index (χ1v) is 7.06. The maximum atomic E-state index is 8.84. The lowest BCUT2D eigenvalue weighted by molar-refractivity contribution is 0.645. The van der Waals surface area contributed by atoms with E-state index >= 15 is 0 Å². The Morgan fingerprint density at radius 2 is 1.67 bits per heavy atom. The van der Waals surface area contributed by atoms with Crippen LogP contribution in [0.1, 0.15) is 11.4 Å². The highest BCUT2D eigenvalue weighted by Crippen LogP contribution is 2.19. The SMILES string of the molecule is Cc1nccc(N2CCN(c3ccc(C#N)cc3)CC2)n1. The van der Waals surface area contributed by atoms with Gasteiger partial charge >= 0.3 is 0 Å². The molecule has 1 saturated heterocycles. The van der Waals surface area contributed by atoms with E-state index in [2.05, 4.69) is 25.8 Å². The van der Waals surface area contributed by atoms with Gasteiger partial charge in [-0.1, -0.05) is 0 Å². The summed E-state index contributed by atoms with van der Waals surface area (Å²) in [6.07, 6.45) is 1.81. The number of nitriles is 1. The normalized spacial score (nSPS) is 14.9. The maximum Gasteiger partial charge on any atom is 0.132 e. The summed E-state index contributed by atoms with van der Waals surface area (Å²) >= 11 is 0. The molecule has 0 amide bonds. The molecule has 1 aromatic carbocycles. The van der Waals surface area contributed by atoms with Gasteiger partial charge in [-0.15, -0.1) is 0 Å². The molecule has 2 heterocycles. The average Bonchev–Trinajstić information content (AvgIpc) is 2.55. The Balaban J connectivity index is 1.66. The van der Waals surface area contributed by atoms with Crippen LogP contribution < -0.4 is 9.80 Å². The highest BCUT2D eigenvalue weighted by molar-refractivity contribution is 5.51. The molecule has 1 fully saturated rings. The van der Waals surface area contributed by atoms with Crippen molar-refractivity contribution in [3.8, 4) is 6.07 Å². The Morgan fingerprint density at radius 3 is 2.29 bits per heavy atom. The molecule has 1 aliphatic rings. The zero-order chi connectivity index (χ0) is 14.7. The van der Waals surface area contributed by atoms with Gasteiger partial charge in [0.25, 0.3) is 0 Å². The molecule has 2 aromatic rings. The van der Waals surface area contributed by atoms with Crippen molar-refractivity contribution >= 4 is 11.5 Å². The van der Waals surface area contributed by atoms with Crippen LogP contribution in [0.4, 0.5) is 11.5 Å². The minimum absolute atomic E-state index is 0.703. The summed E-state index contributed by atoms with van der Waals surface area (Å²) in [5.41, 5.74) is 1.88. The summed E-state index contributed by atoms with van der Waals surface area (Å²) in [4.78, 5) is 13.2. The monoisotopic (exact) mass is 279 g/mol. The molecule has 5 nitrogen and oxygen atoms in total. The van der Waals surface area contributed by atoms with Crippen molar-refractivity contribution < 1.29 is 0 Å². The zero-order valence-electron chi connectivity index (χ0n) is 12.0. The Bertz CT molecular complexity index is 651. The molecule has 1 aliphatic heterocycles. The third kappa shape index (κ3) is 2.95. The highest BCUT2D eigenvalue weighted by atomic mass is 15.3. The second-order valence-corrected chi connectivity index (χ2v) is 5.09. The van der Waals surface area contributed by atoms with Crippen LogP contribution in [0.5, 0.6) is 0 Å². The summed E-state index contributed by atoms with van der Waals surface area (Å²) in [5.74, 6) is 1.81. The average molecular weight is 279 g/mol. The van der Waals surface area contributed by atoms with Crippen molar-refractivity contribution in [3.63, 3.8) is 0 Å². The van der Waals surface area contributed by atoms with E-state index in [1.54, 1.807) is 0 Å². The number of anilines is 2. The van der Waals surface area contributed by atoms with Crippen LogP contribution in [-0.2, 0) is 0 Å². The first-order valence-electron chi connectivity index (χ1n) is 7.06. The topological polar surface area (TPSA) is 56.1 Å². The second-order valence-electron chi connectivity index (χ2n) is 5.09. The molecule has 106 valence electrons. The standard InChI is InChI=1S/C16H17N5/c1-13-18-7-6-16(19-13)21-10-8-20(9-11-21)15-4-2-14(12-17)3-5-15/h2-7H,8-11H2,1H3. The molecule has 0 aliphatic carbocycles. The third-order valence-electron chi connectivity index (χ3n) is 3.73. The van der Waals surface area contributed by atoms with Gasteiger partial charge in [0, 0.05) is 38.1 Å². The number of hydrogen-bond acceptors (Lipinski definition) is 5. The largest absolute Gasteiger partial charge is 0.368 e. The van der Waals surface area contributed by atoms with Gasteiger partial charge in [-0.2, -0.15) is 5.26 Å². The van der Waals surface area contributed by atoms with Gasteiger partial charge in [-0.3, -0.25) is 0 Å². The number of benzene rings is 1. The number of rotatable bonds is 2. The van der Waals surface area contributed by atoms with Crippen molar-refractivity contribution in [3.05, 3.63) is 47.9 Å². The fraction of sp³-hybridized carbons (Fsp3) is 0.312. The lowest BCUT2D eigenvalue weighted by Crippen LogP contribution is -2.46. The van der Waals surface area contributed by atoms with E-state index in [-0.39, 0.29) is 0 Å². The number of piperazine rings is 1. The Kier molecular flexibility index (Phi) is 3.69. The summed E-state index contributed by atoms with van der Waals surface area (Å²) in [6.45, 7) is 5.70. The van der Waals surface area contributed by atoms with E-state index in [0.717, 1.165) is 37.8 Å². The van der Waals surface area contributed by atoms with Crippen LogP contribution in [0.15, 0.2) is 36.5 Å². The van der Waals surface area contributed by atoms with Crippen LogP contribution in [-0.4, -0.2) is 36.1 Å². The molecule has 0 unspecified atom stereocenters. The molecule has 0 saturated carbocycles. The van der Waals surface area contributed by atoms with E-state index in [1.165, 1.54) is 5.69 Å². The molecule has 21 heavy (non-hydrogen) atoms. The predicted octanol–water partition coefficient (Wildman–Crippen LogP) is 1.98. The minimum Gasteiger partial charge on any atom is -0.368 e. The molecule has 1 aromatic heterocycles. The van der Waals surface area contributed by atoms with Gasteiger partial charge < -0.3 is 9.80 Å². The van der Waals surface area contributed by atoms with Gasteiger partial charge in [-0.25, -0.2) is 9.97 Å². The minimum atomic E-state index is 0.703. The predicted molar refractivity (Wildman–Crippen MR) is 82.4 cm³/mol. The van der Waals surface area contributed by atoms with E-state index in [0.29, 0.717) is 5.56 Å². The van der Waals surface area contributed by atoms with Crippen LogP contribution in [0.25, 0.3) is 0 Å². The molecular weight excluding hydrogens is 262 g/mol. The first-order chi connectivity index (χ1) is 10.3. The van der Waals surface area contributed by atoms with Crippen molar-refractivity contribution in [2.75, 3.05) is 36.0 Å². The third-order valence-corrected chi connectivity index (χ3v) is 3.73. The quantitative estimate of drug-likeness (QED) is 0.841. The zero-order valence-corrected chi connectivity index (χ0v) is 12.0. The van der Waals surface area contributed by atoms with Crippen molar-refractivity contribution in [1.29, 1.82) is 5.26 Å². The molecule has 0 bridgehead atoms. The summed E-state index contributed by atoms with van der Waals surface area (Å²) in [6, 6.07) is 11.9. The Labute approximate surface area is 124 Å². The first kappa shape index (κ1) is 13.4. The maximum absolute atomic E-state index is 8.84. The van der Waals surface area contributed by atoms with E-state index in [1.807, 2.05) is 43.5 Å². The Morgan fingerprint density at radius 1 is 1.00 bits per heavy atom. The molecule has 0 spiro atoms. The number of aromatic nitrogens is 2. The summed E-state index contributed by atoms with van der Waals surface area (Å²) in [7, 11) is 0. The van der Waals surface area contributed by atoms with Crippen LogP contribution >= 0.6 is 0 Å². The number of nitrogens with zero attached hydrogens (tertiary/aromatic N) is 5. The van der Waals surface area contributed by atoms with Crippen LogP contribution in [0.2, 0.25) is 0 Å². The van der Waals surface area contributed by atoms with E-state index in [9.17, 15) is 0 Å². The van der Waals surface area contributed by atoms with Gasteiger partial charge in [0.05, 0.1) is 11.6 Å². The molecule has 0 N–H and O–H groups in total. The van der Waals surface area contributed by atoms with E-state index in [4.69, 9.17) is 5.26 Å². The van der Waals surface area contributed by atoms with Gasteiger partial charge in [0.15, 0.2) is 0 Å². The number of aryl methyl sites for hydroxylation is 1. The molecule has 0 atom stereocenters. The van der Waals surface area contributed by atoms with Gasteiger partial charge in [-0.05, 0) is 37.3 Å². The summed E-state index contributed by atoms with van der Waals surface area (Å²) < 4.78 is 0. The molecule has 5 heteroatoms. The van der Waals surface area contributed by atoms with Crippen LogP contribution in [0.3, 0.4) is 0 Å². The second kappa shape index (κ2) is 5.80. The molecule has 3 rings (SSSR count). The van der Waals surface area contributed by atoms with Crippen molar-refractivity contribution in [2.24, 2.45) is 0 Å². The molecular formula is C16H17N5. The smallest absolute Gasteiger partial charge is 0.132 e. The Hall–Kier alpha value is -2.61. The fourth-order valence-corrected chi connectivity index (χ4v) is 2.56. The lowest BCUT2D eigenvalue weighted by atomic mass is 10.2. The van der Waals surface area contributed by atoms with Gasteiger partial charge in [0.1, 0.15) is 11.6 Å². The highest BCUT2D eigenvalue weighted by Gasteiger charge is 2.18. The van der Waals surface area contributed by atoms with E-state index < -0.39 is 0 Å². The van der Waals surface area contributed by atoms with Crippen molar-refractivity contribution in [2.45, 2.75) is 6.92 Å². The molecule has 0 radical (unpaired) electrons.